The zero-order valence-corrected chi connectivity index (χ0v) is 24.5. The molecule has 0 bridgehead atoms. The zero-order chi connectivity index (χ0) is 30.9. The number of amides is 3. The van der Waals surface area contributed by atoms with Crippen LogP contribution in [0.4, 0.5) is 5.69 Å². The van der Waals surface area contributed by atoms with Crippen LogP contribution in [0.5, 0.6) is 5.75 Å². The van der Waals surface area contributed by atoms with Crippen molar-refractivity contribution in [3.8, 4) is 5.75 Å². The van der Waals surface area contributed by atoms with Crippen LogP contribution in [0, 0.1) is 5.92 Å². The summed E-state index contributed by atoms with van der Waals surface area (Å²) in [6, 6.07) is 10.6. The van der Waals surface area contributed by atoms with E-state index in [1.165, 1.54) is 14.2 Å². The number of ether oxygens (including phenoxy) is 1. The van der Waals surface area contributed by atoms with Crippen LogP contribution in [-0.4, -0.2) is 80.0 Å². The van der Waals surface area contributed by atoms with Gasteiger partial charge in [0, 0.05) is 62.9 Å². The van der Waals surface area contributed by atoms with Crippen LogP contribution >= 0.6 is 0 Å². The number of aliphatic imine (C=N–C) groups is 2. The largest absolute Gasteiger partial charge is 0.494 e. The molecule has 0 atom stereocenters. The van der Waals surface area contributed by atoms with Gasteiger partial charge in [0.05, 0.1) is 30.1 Å². The van der Waals surface area contributed by atoms with Gasteiger partial charge in [0.1, 0.15) is 11.5 Å². The van der Waals surface area contributed by atoms with Gasteiger partial charge in [0.15, 0.2) is 5.75 Å². The minimum Gasteiger partial charge on any atom is -0.494 e. The van der Waals surface area contributed by atoms with E-state index in [2.05, 4.69) is 37.5 Å². The summed E-state index contributed by atoms with van der Waals surface area (Å²) in [6.45, 7) is 4.91. The normalized spacial score (nSPS) is 16.0. The molecule has 1 aromatic carbocycles. The number of nitrogens with zero attached hydrogens (tertiary/aromatic N) is 4. The number of likely N-dealkylation sites (tertiary alicyclic amines) is 1. The number of anilines is 1. The second-order valence-corrected chi connectivity index (χ2v) is 10.00. The number of hydrogen-bond donors (Lipinski definition) is 4. The number of aromatic nitrogens is 1. The Morgan fingerprint density at radius 1 is 1.16 bits per heavy atom. The van der Waals surface area contributed by atoms with Gasteiger partial charge in [-0.1, -0.05) is 18.7 Å². The summed E-state index contributed by atoms with van der Waals surface area (Å²) in [5.74, 6) is 0.0435. The molecule has 5 N–H and O–H groups in total. The van der Waals surface area contributed by atoms with Gasteiger partial charge in [0.2, 0.25) is 5.91 Å². The number of carbonyl (C=O) groups excluding carboxylic acids is 3. The molecule has 43 heavy (non-hydrogen) atoms. The lowest BCUT2D eigenvalue weighted by atomic mass is 10.1. The molecular weight excluding hydrogens is 548 g/mol. The fourth-order valence-electron chi connectivity index (χ4n) is 4.27. The Morgan fingerprint density at radius 2 is 1.93 bits per heavy atom. The van der Waals surface area contributed by atoms with E-state index in [-0.39, 0.29) is 35.2 Å². The first-order valence-electron chi connectivity index (χ1n) is 13.8. The first-order chi connectivity index (χ1) is 20.7. The lowest BCUT2D eigenvalue weighted by Gasteiger charge is -2.36. The number of pyridine rings is 1. The fraction of sp³-hybridized carbons (Fsp3) is 0.290. The van der Waals surface area contributed by atoms with Gasteiger partial charge in [-0.3, -0.25) is 29.4 Å². The van der Waals surface area contributed by atoms with E-state index in [0.29, 0.717) is 47.2 Å². The highest BCUT2D eigenvalue weighted by molar-refractivity contribution is 6.08. The number of para-hydroxylation sites is 1. The van der Waals surface area contributed by atoms with Crippen LogP contribution in [0.1, 0.15) is 28.9 Å². The standard InChI is InChI=1S/C31H36N8O4/c1-19(29(40)34-3)26(16-27(33-2)38-30(41)20-11-12-20)37-24-10-7-8-22(28(24)43-4)23(32)13-15-35-21-17-39(18-21)31(42)25-9-5-6-14-36-25/h5-10,13-16,20-21,37H,1,11-12,17-18,32H2,2-4H3,(H,34,40)(H,33,38,41)/b23-13-,26-16+,35-15?. The van der Waals surface area contributed by atoms with Gasteiger partial charge in [-0.05, 0) is 43.2 Å². The number of nitrogens with two attached hydrogens (primary N) is 1. The van der Waals surface area contributed by atoms with Crippen LogP contribution in [0.25, 0.3) is 5.70 Å². The highest BCUT2D eigenvalue weighted by atomic mass is 16.5. The molecule has 1 aliphatic carbocycles. The number of carbonyl (C=O) groups is 3. The van der Waals surface area contributed by atoms with Crippen LogP contribution < -0.4 is 26.4 Å². The first-order valence-corrected chi connectivity index (χ1v) is 13.8. The first kappa shape index (κ1) is 30.7. The van der Waals surface area contributed by atoms with Crippen LogP contribution in [-0.2, 0) is 9.59 Å². The molecule has 2 heterocycles. The van der Waals surface area contributed by atoms with Gasteiger partial charge in [-0.2, -0.15) is 0 Å². The van der Waals surface area contributed by atoms with Crippen molar-refractivity contribution >= 4 is 41.2 Å². The summed E-state index contributed by atoms with van der Waals surface area (Å²) < 4.78 is 5.71. The average Bonchev–Trinajstić information content (AvgIpc) is 3.86. The van der Waals surface area contributed by atoms with Gasteiger partial charge in [-0.25, -0.2) is 0 Å². The fourth-order valence-corrected chi connectivity index (χ4v) is 4.27. The molecule has 1 saturated carbocycles. The number of likely N-dealkylation sites (N-methyl/N-ethyl adjacent to an activating group) is 1. The Morgan fingerprint density at radius 3 is 2.56 bits per heavy atom. The summed E-state index contributed by atoms with van der Waals surface area (Å²) in [6.07, 6.45) is 8.12. The predicted octanol–water partition coefficient (Wildman–Crippen LogP) is 2.14. The molecule has 224 valence electrons. The molecule has 2 aromatic rings. The smallest absolute Gasteiger partial charge is 0.272 e. The zero-order valence-electron chi connectivity index (χ0n) is 24.5. The topological polar surface area (TPSA) is 163 Å². The molecule has 2 aliphatic rings. The summed E-state index contributed by atoms with van der Waals surface area (Å²) in [5, 5.41) is 8.56. The van der Waals surface area contributed by atoms with E-state index in [0.717, 1.165) is 12.8 Å². The van der Waals surface area contributed by atoms with Crippen LogP contribution in [0.2, 0.25) is 0 Å². The Labute approximate surface area is 250 Å². The predicted molar refractivity (Wildman–Crippen MR) is 167 cm³/mol. The molecule has 4 rings (SSSR count). The molecule has 12 nitrogen and oxygen atoms in total. The number of allylic oxidation sites excluding steroid dienone is 1. The Balaban J connectivity index is 1.49. The van der Waals surface area contributed by atoms with Crippen molar-refractivity contribution in [1.29, 1.82) is 0 Å². The minimum atomic E-state index is -0.412. The number of nitrogens with one attached hydrogen (secondary N) is 3. The highest BCUT2D eigenvalue weighted by Crippen LogP contribution is 2.33. The van der Waals surface area contributed by atoms with Gasteiger partial charge in [-0.15, -0.1) is 0 Å². The molecule has 12 heteroatoms. The SMILES string of the molecule is C=C(C(=O)NC)/C(=C\C(=NC)NC(=O)C1CC1)Nc1cccc(/C(N)=C/C=NC2CN(C(=O)c3ccccn3)C2)c1OC. The number of hydrogen-bond acceptors (Lipinski definition) is 9. The molecule has 3 amide bonds. The van der Waals surface area contributed by atoms with Gasteiger partial charge >= 0.3 is 0 Å². The van der Waals surface area contributed by atoms with Gasteiger partial charge in [0.25, 0.3) is 11.8 Å². The third-order valence-electron chi connectivity index (χ3n) is 6.93. The van der Waals surface area contributed by atoms with Crippen molar-refractivity contribution in [2.75, 3.05) is 39.6 Å². The Bertz CT molecular complexity index is 1500. The van der Waals surface area contributed by atoms with E-state index in [1.807, 2.05) is 0 Å². The number of benzene rings is 1. The summed E-state index contributed by atoms with van der Waals surface area (Å²) in [7, 11) is 4.56. The number of rotatable bonds is 11. The third-order valence-corrected chi connectivity index (χ3v) is 6.93. The van der Waals surface area contributed by atoms with E-state index < -0.39 is 5.91 Å². The maximum Gasteiger partial charge on any atom is 0.272 e. The Kier molecular flexibility index (Phi) is 10.0. The maximum atomic E-state index is 12.5. The molecular formula is C31H36N8O4. The lowest BCUT2D eigenvalue weighted by Crippen LogP contribution is -2.52. The molecule has 1 aromatic heterocycles. The quantitative estimate of drug-likeness (QED) is 0.136. The molecule has 0 unspecified atom stereocenters. The lowest BCUT2D eigenvalue weighted by molar-refractivity contribution is -0.120. The van der Waals surface area contributed by atoms with Crippen molar-refractivity contribution in [1.82, 2.24) is 20.5 Å². The second-order valence-electron chi connectivity index (χ2n) is 10.00. The van der Waals surface area contributed by atoms with Crippen LogP contribution in [0.15, 0.2) is 82.6 Å². The monoisotopic (exact) mass is 584 g/mol. The molecule has 0 radical (unpaired) electrons. The van der Waals surface area contributed by atoms with Gasteiger partial charge < -0.3 is 31.3 Å². The highest BCUT2D eigenvalue weighted by Gasteiger charge is 2.31. The van der Waals surface area contributed by atoms with Crippen molar-refractivity contribution in [3.63, 3.8) is 0 Å². The molecule has 2 fully saturated rings. The summed E-state index contributed by atoms with van der Waals surface area (Å²) in [5.41, 5.74) is 8.76. The Hall–Kier alpha value is -5.26. The molecule has 1 saturated heterocycles. The van der Waals surface area contributed by atoms with E-state index >= 15 is 0 Å². The number of amidine groups is 1. The van der Waals surface area contributed by atoms with E-state index in [9.17, 15) is 14.4 Å². The average molecular weight is 585 g/mol. The van der Waals surface area contributed by atoms with Crippen LogP contribution in [0.3, 0.4) is 0 Å². The number of methoxy groups -OCH3 is 1. The molecule has 1 aliphatic heterocycles. The summed E-state index contributed by atoms with van der Waals surface area (Å²) in [4.78, 5) is 51.8. The minimum absolute atomic E-state index is 0.0175. The van der Waals surface area contributed by atoms with E-state index in [1.54, 1.807) is 72.9 Å². The summed E-state index contributed by atoms with van der Waals surface area (Å²) >= 11 is 0. The van der Waals surface area contributed by atoms with Crippen molar-refractivity contribution in [3.05, 3.63) is 83.9 Å². The van der Waals surface area contributed by atoms with Crippen molar-refractivity contribution < 1.29 is 19.1 Å². The van der Waals surface area contributed by atoms with E-state index in [4.69, 9.17) is 10.5 Å². The van der Waals surface area contributed by atoms with Crippen molar-refractivity contribution in [2.24, 2.45) is 21.6 Å². The molecule has 0 spiro atoms. The van der Waals surface area contributed by atoms with Crippen molar-refractivity contribution in [2.45, 2.75) is 18.9 Å². The second kappa shape index (κ2) is 14.1. The maximum absolute atomic E-state index is 12.5. The third kappa shape index (κ3) is 7.73.